The molecule has 2 heterocycles. The summed E-state index contributed by atoms with van der Waals surface area (Å²) in [6, 6.07) is 11.5. The van der Waals surface area contributed by atoms with Gasteiger partial charge in [0, 0.05) is 17.3 Å². The number of rotatable bonds is 1. The van der Waals surface area contributed by atoms with Crippen molar-refractivity contribution in [3.05, 3.63) is 58.0 Å². The van der Waals surface area contributed by atoms with Gasteiger partial charge in [-0.05, 0) is 19.4 Å². The Morgan fingerprint density at radius 3 is 2.61 bits per heavy atom. The lowest BCUT2D eigenvalue weighted by Gasteiger charge is -1.97. The maximum atomic E-state index is 11.9. The molecule has 0 aliphatic heterocycles. The zero-order valence-electron chi connectivity index (χ0n) is 10.3. The molecule has 2 aromatic heterocycles. The summed E-state index contributed by atoms with van der Waals surface area (Å²) >= 11 is 0. The van der Waals surface area contributed by atoms with Crippen molar-refractivity contribution >= 4 is 5.65 Å². The first-order chi connectivity index (χ1) is 8.66. The minimum absolute atomic E-state index is 0.0808. The fourth-order valence-corrected chi connectivity index (χ4v) is 2.15. The van der Waals surface area contributed by atoms with Gasteiger partial charge in [-0.15, -0.1) is 0 Å². The van der Waals surface area contributed by atoms with Crippen molar-refractivity contribution in [2.45, 2.75) is 13.8 Å². The molecule has 0 saturated carbocycles. The third-order valence-corrected chi connectivity index (χ3v) is 3.04. The Morgan fingerprint density at radius 2 is 1.89 bits per heavy atom. The molecule has 4 nitrogen and oxygen atoms in total. The lowest BCUT2D eigenvalue weighted by Crippen LogP contribution is -2.14. The Bertz CT molecular complexity index is 769. The van der Waals surface area contributed by atoms with Gasteiger partial charge in [0.2, 0.25) is 0 Å². The minimum Gasteiger partial charge on any atom is -0.289 e. The van der Waals surface area contributed by atoms with Gasteiger partial charge in [-0.1, -0.05) is 30.3 Å². The summed E-state index contributed by atoms with van der Waals surface area (Å²) in [7, 11) is 0. The van der Waals surface area contributed by atoms with Crippen LogP contribution in [0, 0.1) is 13.8 Å². The van der Waals surface area contributed by atoms with Gasteiger partial charge < -0.3 is 0 Å². The van der Waals surface area contributed by atoms with Crippen molar-refractivity contribution in [3.8, 4) is 11.3 Å². The van der Waals surface area contributed by atoms with Crippen molar-refractivity contribution in [1.82, 2.24) is 14.6 Å². The second-order valence-corrected chi connectivity index (χ2v) is 4.37. The average Bonchev–Trinajstić information content (AvgIpc) is 2.69. The molecule has 0 saturated heterocycles. The molecule has 3 rings (SSSR count). The van der Waals surface area contributed by atoms with Gasteiger partial charge >= 0.3 is 0 Å². The maximum Gasteiger partial charge on any atom is 0.272 e. The first kappa shape index (κ1) is 10.8. The number of benzene rings is 1. The Hall–Kier alpha value is -2.36. The Morgan fingerprint density at radius 1 is 1.17 bits per heavy atom. The highest BCUT2D eigenvalue weighted by atomic mass is 16.1. The smallest absolute Gasteiger partial charge is 0.272 e. The predicted octanol–water partition coefficient (Wildman–Crippen LogP) is 2.31. The fraction of sp³-hybridized carbons (Fsp3) is 0.143. The standard InChI is InChI=1S/C14H13N3O/c1-9-8-12(18)17-14(15-9)10(2)13(16-17)11-6-4-3-5-7-11/h3-8,16H,1-2H3. The molecular weight excluding hydrogens is 226 g/mol. The van der Waals surface area contributed by atoms with E-state index in [2.05, 4.69) is 10.1 Å². The first-order valence-electron chi connectivity index (χ1n) is 5.81. The van der Waals surface area contributed by atoms with E-state index in [4.69, 9.17) is 0 Å². The van der Waals surface area contributed by atoms with Gasteiger partial charge in [0.05, 0.1) is 5.69 Å². The highest BCUT2D eigenvalue weighted by molar-refractivity contribution is 5.69. The zero-order chi connectivity index (χ0) is 12.7. The summed E-state index contributed by atoms with van der Waals surface area (Å²) in [5.41, 5.74) is 4.33. The Balaban J connectivity index is 2.37. The van der Waals surface area contributed by atoms with Crippen LogP contribution in [0.2, 0.25) is 0 Å². The highest BCUT2D eigenvalue weighted by Crippen LogP contribution is 2.23. The molecule has 0 atom stereocenters. The molecule has 0 fully saturated rings. The number of hydrogen-bond acceptors (Lipinski definition) is 2. The molecule has 0 amide bonds. The second kappa shape index (κ2) is 3.84. The normalized spacial score (nSPS) is 11.0. The van der Waals surface area contributed by atoms with E-state index in [1.165, 1.54) is 10.6 Å². The molecule has 0 radical (unpaired) electrons. The molecular formula is C14H13N3O. The van der Waals surface area contributed by atoms with Gasteiger partial charge in [0.1, 0.15) is 0 Å². The van der Waals surface area contributed by atoms with Gasteiger partial charge in [0.15, 0.2) is 5.65 Å². The molecule has 0 spiro atoms. The Labute approximate surface area is 104 Å². The average molecular weight is 239 g/mol. The van der Waals surface area contributed by atoms with Crippen molar-refractivity contribution in [2.24, 2.45) is 0 Å². The van der Waals surface area contributed by atoms with Gasteiger partial charge in [-0.2, -0.15) is 0 Å². The molecule has 0 bridgehead atoms. The molecule has 3 aromatic rings. The van der Waals surface area contributed by atoms with E-state index in [1.54, 1.807) is 0 Å². The van der Waals surface area contributed by atoms with Gasteiger partial charge in [0.25, 0.3) is 5.56 Å². The number of H-pyrrole nitrogens is 1. The molecule has 1 aromatic carbocycles. The van der Waals surface area contributed by atoms with Crippen LogP contribution in [-0.2, 0) is 0 Å². The van der Waals surface area contributed by atoms with Crippen molar-refractivity contribution in [1.29, 1.82) is 0 Å². The fourth-order valence-electron chi connectivity index (χ4n) is 2.15. The van der Waals surface area contributed by atoms with E-state index in [9.17, 15) is 4.79 Å². The molecule has 90 valence electrons. The minimum atomic E-state index is -0.0808. The number of fused-ring (bicyclic) bond motifs is 1. The summed E-state index contributed by atoms with van der Waals surface area (Å²) in [6.45, 7) is 3.80. The molecule has 4 heteroatoms. The topological polar surface area (TPSA) is 50.2 Å². The summed E-state index contributed by atoms with van der Waals surface area (Å²) in [5.74, 6) is 0. The van der Waals surface area contributed by atoms with E-state index in [0.717, 1.165) is 22.5 Å². The van der Waals surface area contributed by atoms with Crippen LogP contribution in [0.5, 0.6) is 0 Å². The highest BCUT2D eigenvalue weighted by Gasteiger charge is 2.11. The second-order valence-electron chi connectivity index (χ2n) is 4.37. The van der Waals surface area contributed by atoms with E-state index < -0.39 is 0 Å². The quantitative estimate of drug-likeness (QED) is 0.708. The number of aromatic nitrogens is 3. The van der Waals surface area contributed by atoms with Crippen LogP contribution in [0.15, 0.2) is 41.2 Å². The largest absolute Gasteiger partial charge is 0.289 e. The molecule has 1 N–H and O–H groups in total. The van der Waals surface area contributed by atoms with Crippen LogP contribution >= 0.6 is 0 Å². The van der Waals surface area contributed by atoms with Crippen LogP contribution < -0.4 is 5.56 Å². The molecule has 0 aliphatic rings. The number of nitrogens with one attached hydrogen (secondary N) is 1. The maximum absolute atomic E-state index is 11.9. The lowest BCUT2D eigenvalue weighted by molar-refractivity contribution is 0.893. The number of nitrogens with zero attached hydrogens (tertiary/aromatic N) is 2. The number of hydrogen-bond donors (Lipinski definition) is 1. The van der Waals surface area contributed by atoms with Crippen molar-refractivity contribution < 1.29 is 0 Å². The van der Waals surface area contributed by atoms with Crippen molar-refractivity contribution in [2.75, 3.05) is 0 Å². The van der Waals surface area contributed by atoms with E-state index in [-0.39, 0.29) is 5.56 Å². The van der Waals surface area contributed by atoms with Gasteiger partial charge in [-0.25, -0.2) is 9.50 Å². The number of aromatic amines is 1. The van der Waals surface area contributed by atoms with E-state index in [1.807, 2.05) is 44.2 Å². The third kappa shape index (κ3) is 1.54. The lowest BCUT2D eigenvalue weighted by atomic mass is 10.1. The van der Waals surface area contributed by atoms with E-state index >= 15 is 0 Å². The van der Waals surface area contributed by atoms with Crippen LogP contribution in [0.4, 0.5) is 0 Å². The number of aryl methyl sites for hydroxylation is 2. The molecule has 0 unspecified atom stereocenters. The van der Waals surface area contributed by atoms with E-state index in [0.29, 0.717) is 5.65 Å². The summed E-state index contributed by atoms with van der Waals surface area (Å²) in [6.07, 6.45) is 0. The Kier molecular flexibility index (Phi) is 2.30. The summed E-state index contributed by atoms with van der Waals surface area (Å²) in [5, 5.41) is 3.12. The third-order valence-electron chi connectivity index (χ3n) is 3.04. The SMILES string of the molecule is Cc1cc(=O)n2[nH]c(-c3ccccc3)c(C)c2n1. The van der Waals surface area contributed by atoms with Gasteiger partial charge in [-0.3, -0.25) is 9.89 Å². The summed E-state index contributed by atoms with van der Waals surface area (Å²) in [4.78, 5) is 16.3. The van der Waals surface area contributed by atoms with Crippen molar-refractivity contribution in [3.63, 3.8) is 0 Å². The van der Waals surface area contributed by atoms with Crippen LogP contribution in [0.3, 0.4) is 0 Å². The zero-order valence-corrected chi connectivity index (χ0v) is 10.3. The predicted molar refractivity (Wildman–Crippen MR) is 70.7 cm³/mol. The monoisotopic (exact) mass is 239 g/mol. The van der Waals surface area contributed by atoms with Crippen LogP contribution in [0.1, 0.15) is 11.3 Å². The van der Waals surface area contributed by atoms with Crippen LogP contribution in [-0.4, -0.2) is 14.6 Å². The van der Waals surface area contributed by atoms with Crippen LogP contribution in [0.25, 0.3) is 16.9 Å². The molecule has 0 aliphatic carbocycles. The summed E-state index contributed by atoms with van der Waals surface area (Å²) < 4.78 is 1.49. The molecule has 18 heavy (non-hydrogen) atoms. The first-order valence-corrected chi connectivity index (χ1v) is 5.81.